The van der Waals surface area contributed by atoms with Gasteiger partial charge in [-0.2, -0.15) is 0 Å². The van der Waals surface area contributed by atoms with Crippen LogP contribution in [-0.2, 0) is 0 Å². The number of hydrogen-bond donors (Lipinski definition) is 2. The number of anilines is 2. The molecule has 0 fully saturated rings. The minimum atomic E-state index is -0.855. The summed E-state index contributed by atoms with van der Waals surface area (Å²) in [5.41, 5.74) is 5.49. The third-order valence-electron chi connectivity index (χ3n) is 2.34. The number of nitrogen functional groups attached to an aromatic ring is 1. The maximum absolute atomic E-state index is 13.6. The van der Waals surface area contributed by atoms with Gasteiger partial charge in [0.05, 0.1) is 16.3 Å². The lowest BCUT2D eigenvalue weighted by Crippen LogP contribution is -2.15. The highest BCUT2D eigenvalue weighted by Crippen LogP contribution is 2.26. The monoisotopic (exact) mass is 343 g/mol. The molecule has 0 saturated heterocycles. The van der Waals surface area contributed by atoms with E-state index in [4.69, 9.17) is 17.3 Å². The molecule has 1 aromatic heterocycles. The van der Waals surface area contributed by atoms with Crippen molar-refractivity contribution in [2.45, 2.75) is 0 Å². The quantitative estimate of drug-likeness (QED) is 0.876. The summed E-state index contributed by atoms with van der Waals surface area (Å²) >= 11 is 9.19. The molecule has 0 spiro atoms. The van der Waals surface area contributed by atoms with Crippen molar-refractivity contribution < 1.29 is 9.18 Å². The number of nitrogens with zero attached hydrogens (tertiary/aromatic N) is 1. The van der Waals surface area contributed by atoms with E-state index in [2.05, 4.69) is 26.2 Å². The van der Waals surface area contributed by atoms with Crippen LogP contribution in [-0.4, -0.2) is 10.9 Å². The van der Waals surface area contributed by atoms with Gasteiger partial charge in [0, 0.05) is 10.7 Å². The van der Waals surface area contributed by atoms with E-state index in [0.29, 0.717) is 10.7 Å². The molecule has 0 saturated carbocycles. The number of hydrogen-bond acceptors (Lipinski definition) is 3. The lowest BCUT2D eigenvalue weighted by Gasteiger charge is -2.08. The first-order valence-electron chi connectivity index (χ1n) is 5.15. The highest BCUT2D eigenvalue weighted by Gasteiger charge is 2.15. The molecule has 0 aliphatic carbocycles. The highest BCUT2D eigenvalue weighted by atomic mass is 79.9. The van der Waals surface area contributed by atoms with Gasteiger partial charge in [0.25, 0.3) is 5.91 Å². The Labute approximate surface area is 121 Å². The van der Waals surface area contributed by atoms with Crippen molar-refractivity contribution in [3.05, 3.63) is 51.3 Å². The Hall–Kier alpha value is -1.66. The Morgan fingerprint density at radius 2 is 2.16 bits per heavy atom. The second-order valence-electron chi connectivity index (χ2n) is 3.64. The number of carbonyl (C=O) groups is 1. The summed E-state index contributed by atoms with van der Waals surface area (Å²) in [6.45, 7) is 0. The van der Waals surface area contributed by atoms with Crippen molar-refractivity contribution in [2.75, 3.05) is 11.1 Å². The third-order valence-corrected chi connectivity index (χ3v) is 3.16. The van der Waals surface area contributed by atoms with Crippen LogP contribution in [0, 0.1) is 5.82 Å². The zero-order chi connectivity index (χ0) is 14.0. The van der Waals surface area contributed by atoms with Gasteiger partial charge >= 0.3 is 0 Å². The van der Waals surface area contributed by atoms with E-state index in [0.717, 1.165) is 4.47 Å². The van der Waals surface area contributed by atoms with E-state index >= 15 is 0 Å². The molecular formula is C12H8BrClFN3O. The molecule has 2 aromatic rings. The first kappa shape index (κ1) is 13.8. The Kier molecular flexibility index (Phi) is 4.01. The summed E-state index contributed by atoms with van der Waals surface area (Å²) in [4.78, 5) is 15.5. The fourth-order valence-corrected chi connectivity index (χ4v) is 1.94. The molecule has 1 heterocycles. The third kappa shape index (κ3) is 3.02. The Balaban J connectivity index is 2.31. The summed E-state index contributed by atoms with van der Waals surface area (Å²) in [6.07, 6.45) is 1.26. The molecule has 0 aliphatic rings. The summed E-state index contributed by atoms with van der Waals surface area (Å²) in [6, 6.07) is 6.19. The van der Waals surface area contributed by atoms with Crippen LogP contribution in [0.3, 0.4) is 0 Å². The number of nitrogens with one attached hydrogen (secondary N) is 1. The van der Waals surface area contributed by atoms with Gasteiger partial charge in [-0.3, -0.25) is 4.79 Å². The normalized spacial score (nSPS) is 10.3. The Morgan fingerprint density at radius 3 is 2.89 bits per heavy atom. The lowest BCUT2D eigenvalue weighted by atomic mass is 10.2. The number of rotatable bonds is 2. The molecule has 0 atom stereocenters. The highest BCUT2D eigenvalue weighted by molar-refractivity contribution is 9.10. The molecule has 0 unspecified atom stereocenters. The minimum Gasteiger partial charge on any atom is -0.381 e. The molecule has 2 rings (SSSR count). The van der Waals surface area contributed by atoms with Crippen LogP contribution in [0.2, 0.25) is 5.02 Å². The molecule has 4 nitrogen and oxygen atoms in total. The van der Waals surface area contributed by atoms with E-state index in [9.17, 15) is 9.18 Å². The van der Waals surface area contributed by atoms with Gasteiger partial charge in [0.2, 0.25) is 0 Å². The van der Waals surface area contributed by atoms with Gasteiger partial charge < -0.3 is 11.1 Å². The molecule has 19 heavy (non-hydrogen) atoms. The average Bonchev–Trinajstić information content (AvgIpc) is 2.37. The van der Waals surface area contributed by atoms with Crippen molar-refractivity contribution in [2.24, 2.45) is 0 Å². The second-order valence-corrected chi connectivity index (χ2v) is 4.96. The SMILES string of the molecule is Nc1nccc(C(=O)Nc2cc(Br)ccc2Cl)c1F. The predicted molar refractivity (Wildman–Crippen MR) is 75.7 cm³/mol. The van der Waals surface area contributed by atoms with E-state index < -0.39 is 11.7 Å². The molecule has 0 bridgehead atoms. The number of halogens is 3. The topological polar surface area (TPSA) is 68.0 Å². The smallest absolute Gasteiger partial charge is 0.258 e. The van der Waals surface area contributed by atoms with Crippen molar-refractivity contribution in [3.63, 3.8) is 0 Å². The predicted octanol–water partition coefficient (Wildman–Crippen LogP) is 3.47. The van der Waals surface area contributed by atoms with Gasteiger partial charge in [-0.15, -0.1) is 0 Å². The number of carbonyl (C=O) groups excluding carboxylic acids is 1. The zero-order valence-electron chi connectivity index (χ0n) is 9.45. The fourth-order valence-electron chi connectivity index (χ4n) is 1.42. The molecule has 3 N–H and O–H groups in total. The number of amides is 1. The summed E-state index contributed by atoms with van der Waals surface area (Å²) in [5.74, 6) is -1.83. The van der Waals surface area contributed by atoms with Crippen LogP contribution in [0.4, 0.5) is 15.9 Å². The van der Waals surface area contributed by atoms with Crippen LogP contribution in [0.15, 0.2) is 34.9 Å². The van der Waals surface area contributed by atoms with E-state index in [1.807, 2.05) is 0 Å². The van der Waals surface area contributed by atoms with Crippen LogP contribution in [0.5, 0.6) is 0 Å². The van der Waals surface area contributed by atoms with Crippen LogP contribution in [0.25, 0.3) is 0 Å². The summed E-state index contributed by atoms with van der Waals surface area (Å²) in [5, 5.41) is 2.86. The second kappa shape index (κ2) is 5.54. The summed E-state index contributed by atoms with van der Waals surface area (Å²) in [7, 11) is 0. The van der Waals surface area contributed by atoms with Gasteiger partial charge in [-0.1, -0.05) is 27.5 Å². The van der Waals surface area contributed by atoms with E-state index in [-0.39, 0.29) is 11.4 Å². The Morgan fingerprint density at radius 1 is 1.42 bits per heavy atom. The zero-order valence-corrected chi connectivity index (χ0v) is 11.8. The molecule has 1 amide bonds. The largest absolute Gasteiger partial charge is 0.381 e. The van der Waals surface area contributed by atoms with E-state index in [1.165, 1.54) is 12.3 Å². The van der Waals surface area contributed by atoms with Crippen LogP contribution in [0.1, 0.15) is 10.4 Å². The lowest BCUT2D eigenvalue weighted by molar-refractivity contribution is 0.102. The number of pyridine rings is 1. The number of nitrogens with two attached hydrogens (primary N) is 1. The maximum Gasteiger partial charge on any atom is 0.258 e. The first-order chi connectivity index (χ1) is 8.99. The average molecular weight is 345 g/mol. The van der Waals surface area contributed by atoms with Crippen molar-refractivity contribution >= 4 is 44.9 Å². The maximum atomic E-state index is 13.6. The molecule has 7 heteroatoms. The van der Waals surface area contributed by atoms with Crippen molar-refractivity contribution in [1.29, 1.82) is 0 Å². The number of aromatic nitrogens is 1. The first-order valence-corrected chi connectivity index (χ1v) is 6.32. The minimum absolute atomic E-state index is 0.191. The molecule has 0 radical (unpaired) electrons. The van der Waals surface area contributed by atoms with E-state index in [1.54, 1.807) is 18.2 Å². The van der Waals surface area contributed by atoms with Crippen molar-refractivity contribution in [3.8, 4) is 0 Å². The van der Waals surface area contributed by atoms with Gasteiger partial charge in [0.1, 0.15) is 0 Å². The van der Waals surface area contributed by atoms with Gasteiger partial charge in [0.15, 0.2) is 11.6 Å². The summed E-state index contributed by atoms with van der Waals surface area (Å²) < 4.78 is 14.4. The standard InChI is InChI=1S/C12H8BrClFN3O/c13-6-1-2-8(14)9(5-6)18-12(19)7-3-4-17-11(16)10(7)15/h1-5H,(H2,16,17)(H,18,19). The van der Waals surface area contributed by atoms with Crippen LogP contribution < -0.4 is 11.1 Å². The molecule has 0 aliphatic heterocycles. The molecule has 1 aromatic carbocycles. The van der Waals surface area contributed by atoms with Crippen molar-refractivity contribution in [1.82, 2.24) is 4.98 Å². The fraction of sp³-hybridized carbons (Fsp3) is 0. The van der Waals surface area contributed by atoms with Gasteiger partial charge in [-0.05, 0) is 24.3 Å². The molecule has 98 valence electrons. The van der Waals surface area contributed by atoms with Gasteiger partial charge in [-0.25, -0.2) is 9.37 Å². The van der Waals surface area contributed by atoms with Crippen LogP contribution >= 0.6 is 27.5 Å². The Bertz CT molecular complexity index is 651. The number of benzene rings is 1. The molecular weight excluding hydrogens is 337 g/mol.